The van der Waals surface area contributed by atoms with E-state index in [1.807, 2.05) is 0 Å². The van der Waals surface area contributed by atoms with Gasteiger partial charge in [-0.1, -0.05) is 42.5 Å². The van der Waals surface area contributed by atoms with Crippen LogP contribution in [0.1, 0.15) is 5.56 Å². The Kier molecular flexibility index (Phi) is 3.51. The van der Waals surface area contributed by atoms with Crippen molar-refractivity contribution in [3.05, 3.63) is 54.1 Å². The van der Waals surface area contributed by atoms with E-state index >= 15 is 0 Å². The van der Waals surface area contributed by atoms with Crippen LogP contribution in [-0.2, 0) is 4.74 Å². The van der Waals surface area contributed by atoms with E-state index in [0.29, 0.717) is 0 Å². The Bertz CT molecular complexity index is 544. The first-order chi connectivity index (χ1) is 9.36. The topological polar surface area (TPSA) is 12.5 Å². The fourth-order valence-corrected chi connectivity index (χ4v) is 2.70. The second-order valence-corrected chi connectivity index (χ2v) is 4.93. The molecule has 0 spiro atoms. The lowest BCUT2D eigenvalue weighted by molar-refractivity contribution is 0.123. The Morgan fingerprint density at radius 1 is 0.895 bits per heavy atom. The summed E-state index contributed by atoms with van der Waals surface area (Å²) < 4.78 is 5.46. The van der Waals surface area contributed by atoms with Crippen molar-refractivity contribution in [3.8, 4) is 11.1 Å². The Labute approximate surface area is 114 Å². The van der Waals surface area contributed by atoms with Gasteiger partial charge in [-0.2, -0.15) is 0 Å². The lowest BCUT2D eigenvalue weighted by Crippen LogP contribution is -2.36. The number of ether oxygens (including phenoxy) is 1. The second-order valence-electron chi connectivity index (χ2n) is 4.93. The SMILES string of the molecule is Cc1cccc(N2CCOCC2)c1-c1ccccc1. The molecule has 1 fully saturated rings. The molecular formula is C17H19NO. The van der Waals surface area contributed by atoms with Crippen LogP contribution in [-0.4, -0.2) is 26.3 Å². The molecule has 0 bridgehead atoms. The van der Waals surface area contributed by atoms with Crippen molar-refractivity contribution in [3.63, 3.8) is 0 Å². The Balaban J connectivity index is 2.07. The van der Waals surface area contributed by atoms with Gasteiger partial charge in [0.2, 0.25) is 0 Å². The average molecular weight is 253 g/mol. The first-order valence-electron chi connectivity index (χ1n) is 6.84. The number of benzene rings is 2. The van der Waals surface area contributed by atoms with Crippen molar-refractivity contribution >= 4 is 5.69 Å². The number of anilines is 1. The molecule has 98 valence electrons. The van der Waals surface area contributed by atoms with E-state index in [4.69, 9.17) is 4.74 Å². The maximum atomic E-state index is 5.46. The number of aryl methyl sites for hydroxylation is 1. The van der Waals surface area contributed by atoms with Crippen LogP contribution in [0.4, 0.5) is 5.69 Å². The van der Waals surface area contributed by atoms with Crippen LogP contribution in [0, 0.1) is 6.92 Å². The standard InChI is InChI=1S/C17H19NO/c1-14-6-5-9-16(18-10-12-19-13-11-18)17(14)15-7-3-2-4-8-15/h2-9H,10-13H2,1H3. The fraction of sp³-hybridized carbons (Fsp3) is 0.294. The van der Waals surface area contributed by atoms with Gasteiger partial charge in [0.05, 0.1) is 13.2 Å². The monoisotopic (exact) mass is 253 g/mol. The van der Waals surface area contributed by atoms with Gasteiger partial charge in [-0.3, -0.25) is 0 Å². The molecule has 2 aromatic carbocycles. The average Bonchev–Trinajstić information content (AvgIpc) is 2.49. The van der Waals surface area contributed by atoms with Crippen LogP contribution in [0.5, 0.6) is 0 Å². The lowest BCUT2D eigenvalue weighted by Gasteiger charge is -2.31. The third-order valence-electron chi connectivity index (χ3n) is 3.67. The Morgan fingerprint density at radius 3 is 2.37 bits per heavy atom. The number of hydrogen-bond acceptors (Lipinski definition) is 2. The summed E-state index contributed by atoms with van der Waals surface area (Å²) >= 11 is 0. The maximum absolute atomic E-state index is 5.46. The summed E-state index contributed by atoms with van der Waals surface area (Å²) in [5, 5.41) is 0. The van der Waals surface area contributed by atoms with E-state index in [1.165, 1.54) is 22.4 Å². The molecule has 19 heavy (non-hydrogen) atoms. The number of morpholine rings is 1. The molecule has 1 aliphatic heterocycles. The normalized spacial score (nSPS) is 15.5. The summed E-state index contributed by atoms with van der Waals surface area (Å²) in [6.07, 6.45) is 0. The largest absolute Gasteiger partial charge is 0.378 e. The second kappa shape index (κ2) is 5.45. The van der Waals surface area contributed by atoms with E-state index in [9.17, 15) is 0 Å². The van der Waals surface area contributed by atoms with Crippen LogP contribution < -0.4 is 4.90 Å². The van der Waals surface area contributed by atoms with Crippen molar-refractivity contribution in [1.82, 2.24) is 0 Å². The van der Waals surface area contributed by atoms with E-state index in [0.717, 1.165) is 26.3 Å². The molecule has 0 N–H and O–H groups in total. The van der Waals surface area contributed by atoms with Crippen molar-refractivity contribution in [2.24, 2.45) is 0 Å². The van der Waals surface area contributed by atoms with Gasteiger partial charge in [0.15, 0.2) is 0 Å². The highest BCUT2D eigenvalue weighted by atomic mass is 16.5. The van der Waals surface area contributed by atoms with E-state index in [1.54, 1.807) is 0 Å². The molecule has 3 rings (SSSR count). The predicted octanol–water partition coefficient (Wildman–Crippen LogP) is 3.50. The summed E-state index contributed by atoms with van der Waals surface area (Å²) in [6, 6.07) is 17.2. The maximum Gasteiger partial charge on any atom is 0.0642 e. The van der Waals surface area contributed by atoms with Gasteiger partial charge in [-0.05, 0) is 24.1 Å². The molecule has 0 saturated carbocycles. The van der Waals surface area contributed by atoms with Gasteiger partial charge >= 0.3 is 0 Å². The molecule has 1 heterocycles. The van der Waals surface area contributed by atoms with Crippen LogP contribution in [0.3, 0.4) is 0 Å². The Hall–Kier alpha value is -1.80. The minimum atomic E-state index is 0.822. The molecule has 0 amide bonds. The molecule has 2 aromatic rings. The Morgan fingerprint density at radius 2 is 1.63 bits per heavy atom. The van der Waals surface area contributed by atoms with Crippen LogP contribution in [0.15, 0.2) is 48.5 Å². The van der Waals surface area contributed by atoms with E-state index in [-0.39, 0.29) is 0 Å². The highest BCUT2D eigenvalue weighted by molar-refractivity contribution is 5.81. The zero-order valence-corrected chi connectivity index (χ0v) is 11.3. The molecule has 1 saturated heterocycles. The van der Waals surface area contributed by atoms with Gasteiger partial charge in [0, 0.05) is 24.3 Å². The third kappa shape index (κ3) is 2.49. The highest BCUT2D eigenvalue weighted by Gasteiger charge is 2.16. The molecule has 0 unspecified atom stereocenters. The van der Waals surface area contributed by atoms with Crippen molar-refractivity contribution in [2.75, 3.05) is 31.2 Å². The predicted molar refractivity (Wildman–Crippen MR) is 79.6 cm³/mol. The summed E-state index contributed by atoms with van der Waals surface area (Å²) in [4.78, 5) is 2.43. The highest BCUT2D eigenvalue weighted by Crippen LogP contribution is 2.34. The molecule has 0 aliphatic carbocycles. The lowest BCUT2D eigenvalue weighted by atomic mass is 9.97. The molecule has 0 atom stereocenters. The quantitative estimate of drug-likeness (QED) is 0.812. The zero-order chi connectivity index (χ0) is 13.1. The van der Waals surface area contributed by atoms with Gasteiger partial charge in [0.25, 0.3) is 0 Å². The summed E-state index contributed by atoms with van der Waals surface area (Å²) in [5.41, 5.74) is 5.30. The van der Waals surface area contributed by atoms with Gasteiger partial charge in [0.1, 0.15) is 0 Å². The summed E-state index contributed by atoms with van der Waals surface area (Å²) in [7, 11) is 0. The first kappa shape index (κ1) is 12.2. The van der Waals surface area contributed by atoms with Crippen molar-refractivity contribution in [1.29, 1.82) is 0 Å². The van der Waals surface area contributed by atoms with Crippen molar-refractivity contribution in [2.45, 2.75) is 6.92 Å². The molecule has 0 radical (unpaired) electrons. The number of nitrogens with zero attached hydrogens (tertiary/aromatic N) is 1. The molecule has 2 heteroatoms. The van der Waals surface area contributed by atoms with Gasteiger partial charge in [-0.15, -0.1) is 0 Å². The summed E-state index contributed by atoms with van der Waals surface area (Å²) in [5.74, 6) is 0. The van der Waals surface area contributed by atoms with Gasteiger partial charge in [-0.25, -0.2) is 0 Å². The number of hydrogen-bond donors (Lipinski definition) is 0. The van der Waals surface area contributed by atoms with E-state index < -0.39 is 0 Å². The van der Waals surface area contributed by atoms with E-state index in [2.05, 4.69) is 60.4 Å². The van der Waals surface area contributed by atoms with Crippen LogP contribution in [0.2, 0.25) is 0 Å². The minimum absolute atomic E-state index is 0.822. The molecular weight excluding hydrogens is 234 g/mol. The minimum Gasteiger partial charge on any atom is -0.378 e. The van der Waals surface area contributed by atoms with Crippen LogP contribution >= 0.6 is 0 Å². The van der Waals surface area contributed by atoms with Crippen LogP contribution in [0.25, 0.3) is 11.1 Å². The fourth-order valence-electron chi connectivity index (χ4n) is 2.70. The first-order valence-corrected chi connectivity index (χ1v) is 6.84. The third-order valence-corrected chi connectivity index (χ3v) is 3.67. The molecule has 2 nitrogen and oxygen atoms in total. The van der Waals surface area contributed by atoms with Gasteiger partial charge < -0.3 is 9.64 Å². The smallest absolute Gasteiger partial charge is 0.0642 e. The number of rotatable bonds is 2. The zero-order valence-electron chi connectivity index (χ0n) is 11.3. The molecule has 0 aromatic heterocycles. The summed E-state index contributed by atoms with van der Waals surface area (Å²) in [6.45, 7) is 5.78. The van der Waals surface area contributed by atoms with Crippen molar-refractivity contribution < 1.29 is 4.74 Å². The molecule has 1 aliphatic rings.